The van der Waals surface area contributed by atoms with E-state index in [2.05, 4.69) is 15.5 Å². The highest BCUT2D eigenvalue weighted by atomic mass is 16.2. The SMILES string of the molecule is CCn1ccc(NC(=O)c2c(N)cnn2C)n1. The molecule has 2 aromatic heterocycles. The second kappa shape index (κ2) is 4.28. The minimum Gasteiger partial charge on any atom is -0.396 e. The second-order valence-electron chi connectivity index (χ2n) is 3.58. The van der Waals surface area contributed by atoms with E-state index in [0.29, 0.717) is 17.2 Å². The van der Waals surface area contributed by atoms with Gasteiger partial charge in [0.25, 0.3) is 5.91 Å². The number of anilines is 2. The number of amides is 1. The molecule has 0 aliphatic rings. The molecule has 0 radical (unpaired) electrons. The van der Waals surface area contributed by atoms with Crippen molar-refractivity contribution in [2.75, 3.05) is 11.1 Å². The Morgan fingerprint density at radius 3 is 2.88 bits per heavy atom. The Kier molecular flexibility index (Phi) is 2.82. The molecule has 3 N–H and O–H groups in total. The molecule has 0 aliphatic heterocycles. The number of nitrogens with two attached hydrogens (primary N) is 1. The third kappa shape index (κ3) is 2.12. The van der Waals surface area contributed by atoms with Gasteiger partial charge in [-0.1, -0.05) is 0 Å². The summed E-state index contributed by atoms with van der Waals surface area (Å²) in [6, 6.07) is 1.73. The van der Waals surface area contributed by atoms with Crippen molar-refractivity contribution in [2.45, 2.75) is 13.5 Å². The zero-order chi connectivity index (χ0) is 12.4. The topological polar surface area (TPSA) is 90.8 Å². The molecule has 0 spiro atoms. The van der Waals surface area contributed by atoms with Crippen LogP contribution in [0.4, 0.5) is 11.5 Å². The van der Waals surface area contributed by atoms with E-state index in [0.717, 1.165) is 6.54 Å². The predicted octanol–water partition coefficient (Wildman–Crippen LogP) is 0.471. The molecule has 0 fully saturated rings. The lowest BCUT2D eigenvalue weighted by Crippen LogP contribution is -2.18. The van der Waals surface area contributed by atoms with E-state index in [1.807, 2.05) is 6.92 Å². The van der Waals surface area contributed by atoms with Gasteiger partial charge in [0.05, 0.1) is 11.9 Å². The summed E-state index contributed by atoms with van der Waals surface area (Å²) in [6.07, 6.45) is 3.24. The Bertz CT molecular complexity index is 521. The van der Waals surface area contributed by atoms with Crippen LogP contribution in [0.3, 0.4) is 0 Å². The number of aromatic nitrogens is 4. The Hall–Kier alpha value is -2.31. The molecule has 7 nitrogen and oxygen atoms in total. The largest absolute Gasteiger partial charge is 0.396 e. The van der Waals surface area contributed by atoms with Crippen LogP contribution < -0.4 is 11.1 Å². The highest BCUT2D eigenvalue weighted by Gasteiger charge is 2.15. The molecule has 2 heterocycles. The summed E-state index contributed by atoms with van der Waals surface area (Å²) in [5.41, 5.74) is 6.33. The van der Waals surface area contributed by atoms with Crippen molar-refractivity contribution in [2.24, 2.45) is 7.05 Å². The quantitative estimate of drug-likeness (QED) is 0.807. The number of rotatable bonds is 3. The first-order chi connectivity index (χ1) is 8.11. The maximum absolute atomic E-state index is 11.9. The first-order valence-corrected chi connectivity index (χ1v) is 5.24. The number of nitrogens with one attached hydrogen (secondary N) is 1. The first kappa shape index (κ1) is 11.2. The first-order valence-electron chi connectivity index (χ1n) is 5.24. The fraction of sp³-hybridized carbons (Fsp3) is 0.300. The van der Waals surface area contributed by atoms with Gasteiger partial charge in [-0.25, -0.2) is 0 Å². The predicted molar refractivity (Wildman–Crippen MR) is 63.5 cm³/mol. The molecular formula is C10H14N6O. The van der Waals surface area contributed by atoms with E-state index in [-0.39, 0.29) is 5.91 Å². The minimum atomic E-state index is -0.316. The van der Waals surface area contributed by atoms with Gasteiger partial charge in [-0.15, -0.1) is 0 Å². The molecule has 17 heavy (non-hydrogen) atoms. The molecule has 90 valence electrons. The van der Waals surface area contributed by atoms with E-state index in [9.17, 15) is 4.79 Å². The number of carbonyl (C=O) groups is 1. The van der Waals surface area contributed by atoms with Crippen LogP contribution >= 0.6 is 0 Å². The monoisotopic (exact) mass is 234 g/mol. The number of aryl methyl sites for hydroxylation is 2. The fourth-order valence-corrected chi connectivity index (χ4v) is 1.51. The summed E-state index contributed by atoms with van der Waals surface area (Å²) in [4.78, 5) is 11.9. The molecule has 0 aromatic carbocycles. The second-order valence-corrected chi connectivity index (χ2v) is 3.58. The van der Waals surface area contributed by atoms with Crippen molar-refractivity contribution in [3.63, 3.8) is 0 Å². The van der Waals surface area contributed by atoms with Gasteiger partial charge in [-0.05, 0) is 6.92 Å². The number of nitrogen functional groups attached to an aromatic ring is 1. The average molecular weight is 234 g/mol. The van der Waals surface area contributed by atoms with E-state index < -0.39 is 0 Å². The van der Waals surface area contributed by atoms with Crippen LogP contribution in [0.2, 0.25) is 0 Å². The van der Waals surface area contributed by atoms with Crippen LogP contribution in [0, 0.1) is 0 Å². The van der Waals surface area contributed by atoms with Crippen molar-refractivity contribution < 1.29 is 4.79 Å². The van der Waals surface area contributed by atoms with Crippen molar-refractivity contribution in [3.8, 4) is 0 Å². The summed E-state index contributed by atoms with van der Waals surface area (Å²) >= 11 is 0. The highest BCUT2D eigenvalue weighted by molar-refractivity contribution is 6.05. The van der Waals surface area contributed by atoms with E-state index >= 15 is 0 Å². The maximum atomic E-state index is 11.9. The zero-order valence-electron chi connectivity index (χ0n) is 9.71. The molecular weight excluding hydrogens is 220 g/mol. The Labute approximate surface area is 98.2 Å². The molecule has 2 aromatic rings. The lowest BCUT2D eigenvalue weighted by molar-refractivity contribution is 0.101. The van der Waals surface area contributed by atoms with Gasteiger partial charge < -0.3 is 11.1 Å². The molecule has 2 rings (SSSR count). The third-order valence-electron chi connectivity index (χ3n) is 2.39. The molecule has 0 saturated heterocycles. The molecule has 0 unspecified atom stereocenters. The smallest absolute Gasteiger partial charge is 0.277 e. The number of hydrogen-bond donors (Lipinski definition) is 2. The van der Waals surface area contributed by atoms with Crippen molar-refractivity contribution in [3.05, 3.63) is 24.2 Å². The summed E-state index contributed by atoms with van der Waals surface area (Å²) in [5, 5.41) is 10.7. The van der Waals surface area contributed by atoms with Gasteiger partial charge in [-0.3, -0.25) is 14.2 Å². The number of nitrogens with zero attached hydrogens (tertiary/aromatic N) is 4. The molecule has 0 bridgehead atoms. The van der Waals surface area contributed by atoms with Gasteiger partial charge in [0.15, 0.2) is 5.82 Å². The van der Waals surface area contributed by atoms with Crippen LogP contribution in [-0.2, 0) is 13.6 Å². The lowest BCUT2D eigenvalue weighted by Gasteiger charge is -2.03. The molecule has 0 aliphatic carbocycles. The Morgan fingerprint density at radius 2 is 2.35 bits per heavy atom. The minimum absolute atomic E-state index is 0.316. The summed E-state index contributed by atoms with van der Waals surface area (Å²) in [7, 11) is 1.66. The van der Waals surface area contributed by atoms with E-state index in [1.165, 1.54) is 10.9 Å². The maximum Gasteiger partial charge on any atom is 0.277 e. The van der Waals surface area contributed by atoms with Crippen molar-refractivity contribution in [1.82, 2.24) is 19.6 Å². The molecule has 0 atom stereocenters. The molecule has 7 heteroatoms. The van der Waals surface area contributed by atoms with Crippen LogP contribution in [0.25, 0.3) is 0 Å². The van der Waals surface area contributed by atoms with Crippen LogP contribution in [0.5, 0.6) is 0 Å². The average Bonchev–Trinajstić information content (AvgIpc) is 2.86. The third-order valence-corrected chi connectivity index (χ3v) is 2.39. The standard InChI is InChI=1S/C10H14N6O/c1-3-16-5-4-8(14-16)13-10(17)9-7(11)6-12-15(9)2/h4-6H,3,11H2,1-2H3,(H,13,14,17). The van der Waals surface area contributed by atoms with Gasteiger partial charge in [0.2, 0.25) is 0 Å². The fourth-order valence-electron chi connectivity index (χ4n) is 1.51. The number of carbonyl (C=O) groups excluding carboxylic acids is 1. The van der Waals surface area contributed by atoms with Crippen LogP contribution in [0.15, 0.2) is 18.5 Å². The Balaban J connectivity index is 2.17. The summed E-state index contributed by atoms with van der Waals surface area (Å²) in [5.74, 6) is 0.182. The molecule has 1 amide bonds. The van der Waals surface area contributed by atoms with Crippen LogP contribution in [0.1, 0.15) is 17.4 Å². The van der Waals surface area contributed by atoms with Gasteiger partial charge in [0, 0.05) is 25.9 Å². The lowest BCUT2D eigenvalue weighted by atomic mass is 10.3. The van der Waals surface area contributed by atoms with E-state index in [4.69, 9.17) is 5.73 Å². The molecule has 0 saturated carbocycles. The normalized spacial score (nSPS) is 10.5. The zero-order valence-corrected chi connectivity index (χ0v) is 9.71. The van der Waals surface area contributed by atoms with Crippen molar-refractivity contribution in [1.29, 1.82) is 0 Å². The van der Waals surface area contributed by atoms with Gasteiger partial charge >= 0.3 is 0 Å². The summed E-state index contributed by atoms with van der Waals surface area (Å²) < 4.78 is 3.16. The summed E-state index contributed by atoms with van der Waals surface area (Å²) in [6.45, 7) is 2.72. The van der Waals surface area contributed by atoms with Gasteiger partial charge in [-0.2, -0.15) is 10.2 Å². The Morgan fingerprint density at radius 1 is 1.59 bits per heavy atom. The van der Waals surface area contributed by atoms with Crippen LogP contribution in [-0.4, -0.2) is 25.5 Å². The van der Waals surface area contributed by atoms with Crippen molar-refractivity contribution >= 4 is 17.4 Å². The number of hydrogen-bond acceptors (Lipinski definition) is 4. The van der Waals surface area contributed by atoms with E-state index in [1.54, 1.807) is 24.0 Å². The highest BCUT2D eigenvalue weighted by Crippen LogP contribution is 2.12. The van der Waals surface area contributed by atoms with Gasteiger partial charge in [0.1, 0.15) is 5.69 Å².